The van der Waals surface area contributed by atoms with Gasteiger partial charge in [0.1, 0.15) is 6.54 Å². The molecule has 0 aliphatic heterocycles. The Morgan fingerprint density at radius 3 is 2.22 bits per heavy atom. The van der Waals surface area contributed by atoms with Gasteiger partial charge in [-0.3, -0.25) is 4.79 Å². The Kier molecular flexibility index (Phi) is 5.48. The van der Waals surface area contributed by atoms with Crippen molar-refractivity contribution in [3.05, 3.63) is 29.3 Å². The molecule has 0 bridgehead atoms. The molecule has 0 aliphatic rings. The molecule has 0 atom stereocenters. The van der Waals surface area contributed by atoms with Crippen LogP contribution in [0.3, 0.4) is 0 Å². The van der Waals surface area contributed by atoms with Crippen LogP contribution in [-0.2, 0) is 10.0 Å². The molecule has 0 aliphatic carbocycles. The minimum absolute atomic E-state index is 0.119. The molecule has 0 aromatic heterocycles. The van der Waals surface area contributed by atoms with Gasteiger partial charge >= 0.3 is 6.18 Å². The maximum absolute atomic E-state index is 12.2. The summed E-state index contributed by atoms with van der Waals surface area (Å²) in [5, 5.41) is 1.73. The van der Waals surface area contributed by atoms with Gasteiger partial charge in [0.2, 0.25) is 10.0 Å². The van der Waals surface area contributed by atoms with Gasteiger partial charge in [-0.25, -0.2) is 13.1 Å². The van der Waals surface area contributed by atoms with Crippen molar-refractivity contribution in [1.82, 2.24) is 10.0 Å². The monoisotopic (exact) mass is 352 g/mol. The fourth-order valence-corrected chi connectivity index (χ4v) is 3.19. The van der Waals surface area contributed by atoms with Crippen molar-refractivity contribution < 1.29 is 26.4 Å². The molecule has 1 amide bonds. The minimum atomic E-state index is -4.54. The SMILES string of the molecule is Cc1ccc(S(=O)(=O)NC(C)(C)C)cc1C(=O)NCC(F)(F)F. The summed E-state index contributed by atoms with van der Waals surface area (Å²) in [7, 11) is -3.89. The number of hydrogen-bond donors (Lipinski definition) is 2. The Balaban J connectivity index is 3.11. The first-order valence-corrected chi connectivity index (χ1v) is 8.19. The van der Waals surface area contributed by atoms with E-state index in [1.165, 1.54) is 19.1 Å². The van der Waals surface area contributed by atoms with Crippen molar-refractivity contribution in [3.8, 4) is 0 Å². The average molecular weight is 352 g/mol. The number of hydrogen-bond acceptors (Lipinski definition) is 3. The van der Waals surface area contributed by atoms with E-state index in [2.05, 4.69) is 4.72 Å². The first-order valence-electron chi connectivity index (χ1n) is 6.71. The number of carbonyl (C=O) groups is 1. The van der Waals surface area contributed by atoms with E-state index in [0.717, 1.165) is 6.07 Å². The third-order valence-electron chi connectivity index (χ3n) is 2.65. The lowest BCUT2D eigenvalue weighted by atomic mass is 10.1. The minimum Gasteiger partial charge on any atom is -0.343 e. The normalized spacial score (nSPS) is 13.0. The van der Waals surface area contributed by atoms with Crippen LogP contribution in [-0.4, -0.2) is 32.6 Å². The van der Waals surface area contributed by atoms with Crippen molar-refractivity contribution in [1.29, 1.82) is 0 Å². The summed E-state index contributed by atoms with van der Waals surface area (Å²) in [6.45, 7) is 4.97. The third-order valence-corrected chi connectivity index (χ3v) is 4.41. The highest BCUT2D eigenvalue weighted by atomic mass is 32.2. The van der Waals surface area contributed by atoms with Crippen LogP contribution >= 0.6 is 0 Å². The molecule has 1 aromatic carbocycles. The van der Waals surface area contributed by atoms with Crippen LogP contribution in [0.25, 0.3) is 0 Å². The molecular weight excluding hydrogens is 333 g/mol. The molecule has 0 heterocycles. The summed E-state index contributed by atoms with van der Waals surface area (Å²) in [5.74, 6) is -0.979. The summed E-state index contributed by atoms with van der Waals surface area (Å²) in [6.07, 6.45) is -4.54. The second-order valence-corrected chi connectivity index (χ2v) is 7.81. The molecule has 2 N–H and O–H groups in total. The molecule has 0 saturated carbocycles. The van der Waals surface area contributed by atoms with E-state index in [-0.39, 0.29) is 10.5 Å². The molecule has 1 aromatic rings. The van der Waals surface area contributed by atoms with Gasteiger partial charge in [0, 0.05) is 11.1 Å². The highest BCUT2D eigenvalue weighted by Gasteiger charge is 2.29. The maximum atomic E-state index is 12.2. The topological polar surface area (TPSA) is 75.3 Å². The number of halogens is 3. The molecule has 0 fully saturated rings. The number of nitrogens with one attached hydrogen (secondary N) is 2. The third kappa shape index (κ3) is 6.19. The van der Waals surface area contributed by atoms with Gasteiger partial charge in [-0.2, -0.15) is 13.2 Å². The standard InChI is InChI=1S/C14H19F3N2O3S/c1-9-5-6-10(23(21,22)19-13(2,3)4)7-11(9)12(20)18-8-14(15,16)17/h5-7,19H,8H2,1-4H3,(H,18,20). The van der Waals surface area contributed by atoms with Gasteiger partial charge < -0.3 is 5.32 Å². The van der Waals surface area contributed by atoms with Crippen molar-refractivity contribution in [2.45, 2.75) is 44.3 Å². The fourth-order valence-electron chi connectivity index (χ4n) is 1.75. The molecule has 5 nitrogen and oxygen atoms in total. The van der Waals surface area contributed by atoms with E-state index in [9.17, 15) is 26.4 Å². The zero-order valence-corrected chi connectivity index (χ0v) is 14.0. The lowest BCUT2D eigenvalue weighted by Gasteiger charge is -2.20. The molecule has 0 saturated heterocycles. The predicted molar refractivity (Wildman–Crippen MR) is 79.6 cm³/mol. The zero-order valence-electron chi connectivity index (χ0n) is 13.2. The van der Waals surface area contributed by atoms with E-state index in [1.807, 2.05) is 0 Å². The Bertz CT molecular complexity index is 692. The fraction of sp³-hybridized carbons (Fsp3) is 0.500. The zero-order chi connectivity index (χ0) is 18.1. The van der Waals surface area contributed by atoms with Crippen LogP contribution in [0.2, 0.25) is 0 Å². The Morgan fingerprint density at radius 2 is 1.74 bits per heavy atom. The van der Waals surface area contributed by atoms with E-state index >= 15 is 0 Å². The van der Waals surface area contributed by atoms with Gasteiger partial charge in [0.25, 0.3) is 5.91 Å². The number of rotatable bonds is 4. The van der Waals surface area contributed by atoms with Crippen LogP contribution in [0.5, 0.6) is 0 Å². The Morgan fingerprint density at radius 1 is 1.17 bits per heavy atom. The Hall–Kier alpha value is -1.61. The summed E-state index contributed by atoms with van der Waals surface area (Å²) in [5.41, 5.74) is -0.479. The molecular formula is C14H19F3N2O3S. The maximum Gasteiger partial charge on any atom is 0.405 e. The molecule has 0 unspecified atom stereocenters. The van der Waals surface area contributed by atoms with Crippen LogP contribution in [0, 0.1) is 6.92 Å². The highest BCUT2D eigenvalue weighted by Crippen LogP contribution is 2.18. The largest absolute Gasteiger partial charge is 0.405 e. The van der Waals surface area contributed by atoms with Crippen LogP contribution in [0.15, 0.2) is 23.1 Å². The van der Waals surface area contributed by atoms with Crippen LogP contribution in [0.1, 0.15) is 36.7 Å². The highest BCUT2D eigenvalue weighted by molar-refractivity contribution is 7.89. The van der Waals surface area contributed by atoms with Crippen molar-refractivity contribution >= 4 is 15.9 Å². The Labute approximate surface area is 133 Å². The van der Waals surface area contributed by atoms with Crippen LogP contribution < -0.4 is 10.0 Å². The quantitative estimate of drug-likeness (QED) is 0.874. The molecule has 130 valence electrons. The van der Waals surface area contributed by atoms with Crippen molar-refractivity contribution in [2.24, 2.45) is 0 Å². The number of amides is 1. The summed E-state index contributed by atoms with van der Waals surface area (Å²) in [6, 6.07) is 3.73. The number of benzene rings is 1. The number of carbonyl (C=O) groups excluding carboxylic acids is 1. The van der Waals surface area contributed by atoms with E-state index in [1.54, 1.807) is 26.1 Å². The van der Waals surface area contributed by atoms with Crippen molar-refractivity contribution in [3.63, 3.8) is 0 Å². The first-order chi connectivity index (χ1) is 10.2. The van der Waals surface area contributed by atoms with Crippen molar-refractivity contribution in [2.75, 3.05) is 6.54 Å². The average Bonchev–Trinajstić information content (AvgIpc) is 2.32. The molecule has 1 rings (SSSR count). The van der Waals surface area contributed by atoms with Gasteiger partial charge in [-0.15, -0.1) is 0 Å². The van der Waals surface area contributed by atoms with E-state index < -0.39 is 34.2 Å². The van der Waals surface area contributed by atoms with Gasteiger partial charge in [0.15, 0.2) is 0 Å². The van der Waals surface area contributed by atoms with Gasteiger partial charge in [0.05, 0.1) is 4.90 Å². The molecule has 9 heteroatoms. The van der Waals surface area contributed by atoms with E-state index in [4.69, 9.17) is 0 Å². The number of alkyl halides is 3. The number of sulfonamides is 1. The molecule has 0 radical (unpaired) electrons. The second kappa shape index (κ2) is 6.48. The smallest absolute Gasteiger partial charge is 0.343 e. The number of aryl methyl sites for hydroxylation is 1. The van der Waals surface area contributed by atoms with E-state index in [0.29, 0.717) is 5.56 Å². The molecule has 23 heavy (non-hydrogen) atoms. The van der Waals surface area contributed by atoms with Gasteiger partial charge in [-0.1, -0.05) is 6.07 Å². The molecule has 0 spiro atoms. The van der Waals surface area contributed by atoms with Crippen LogP contribution in [0.4, 0.5) is 13.2 Å². The summed E-state index contributed by atoms with van der Waals surface area (Å²) < 4.78 is 63.4. The lowest BCUT2D eigenvalue weighted by Crippen LogP contribution is -2.40. The first kappa shape index (κ1) is 19.4. The van der Waals surface area contributed by atoms with Gasteiger partial charge in [-0.05, 0) is 45.4 Å². The summed E-state index contributed by atoms with van der Waals surface area (Å²) in [4.78, 5) is 11.7. The predicted octanol–water partition coefficient (Wildman–Crippen LogP) is 2.36. The second-order valence-electron chi connectivity index (χ2n) is 6.13. The lowest BCUT2D eigenvalue weighted by molar-refractivity contribution is -0.123. The summed E-state index contributed by atoms with van der Waals surface area (Å²) >= 11 is 0.